The van der Waals surface area contributed by atoms with Crippen LogP contribution in [0.2, 0.25) is 0 Å². The summed E-state index contributed by atoms with van der Waals surface area (Å²) < 4.78 is 26.5. The summed E-state index contributed by atoms with van der Waals surface area (Å²) in [6.07, 6.45) is -0.139. The highest BCUT2D eigenvalue weighted by Gasteiger charge is 2.30. The molecule has 62 valence electrons. The predicted molar refractivity (Wildman–Crippen MR) is 46.2 cm³/mol. The second kappa shape index (κ2) is 3.19. The number of thiophene rings is 1. The molecule has 1 heterocycles. The Kier molecular flexibility index (Phi) is 2.65. The molecule has 0 aliphatic heterocycles. The maximum atomic E-state index is 12.9. The van der Waals surface area contributed by atoms with Gasteiger partial charge in [-0.05, 0) is 28.1 Å². The summed E-state index contributed by atoms with van der Waals surface area (Å²) >= 11 is 4.22. The Morgan fingerprint density at radius 2 is 2.18 bits per heavy atom. The fourth-order valence-corrected chi connectivity index (χ4v) is 2.12. The van der Waals surface area contributed by atoms with E-state index in [1.807, 2.05) is 0 Å². The molecule has 0 N–H and O–H groups in total. The average molecular weight is 241 g/mol. The second-order valence-corrected chi connectivity index (χ2v) is 4.62. The molecule has 0 saturated carbocycles. The van der Waals surface area contributed by atoms with E-state index < -0.39 is 5.92 Å². The van der Waals surface area contributed by atoms with E-state index in [0.717, 1.165) is 15.1 Å². The van der Waals surface area contributed by atoms with Gasteiger partial charge < -0.3 is 0 Å². The molecule has 0 fully saturated rings. The standard InChI is InChI=1S/C7H7BrF2S/c1-2-7(9,10)5-3-4-6(8)11-5/h3-4H,2H2,1H3. The normalized spacial score (nSPS) is 12.0. The molecule has 0 spiro atoms. The van der Waals surface area contributed by atoms with Gasteiger partial charge in [-0.3, -0.25) is 0 Å². The minimum atomic E-state index is -2.66. The molecule has 0 saturated heterocycles. The number of halogens is 3. The van der Waals surface area contributed by atoms with Crippen molar-refractivity contribution in [3.05, 3.63) is 20.8 Å². The lowest BCUT2D eigenvalue weighted by Gasteiger charge is -2.10. The smallest absolute Gasteiger partial charge is 0.200 e. The molecule has 11 heavy (non-hydrogen) atoms. The van der Waals surface area contributed by atoms with Gasteiger partial charge in [-0.25, -0.2) is 8.78 Å². The molecule has 0 radical (unpaired) electrons. The highest BCUT2D eigenvalue weighted by atomic mass is 79.9. The van der Waals surface area contributed by atoms with Crippen molar-refractivity contribution in [1.82, 2.24) is 0 Å². The van der Waals surface area contributed by atoms with Crippen molar-refractivity contribution < 1.29 is 8.78 Å². The van der Waals surface area contributed by atoms with Crippen LogP contribution in [0, 0.1) is 0 Å². The van der Waals surface area contributed by atoms with Crippen molar-refractivity contribution in [1.29, 1.82) is 0 Å². The van der Waals surface area contributed by atoms with Crippen LogP contribution in [0.25, 0.3) is 0 Å². The molecule has 0 unspecified atom stereocenters. The summed E-state index contributed by atoms with van der Waals surface area (Å²) in [5, 5.41) is 0. The van der Waals surface area contributed by atoms with Crippen molar-refractivity contribution >= 4 is 27.3 Å². The van der Waals surface area contributed by atoms with Gasteiger partial charge in [-0.15, -0.1) is 11.3 Å². The van der Waals surface area contributed by atoms with E-state index in [4.69, 9.17) is 0 Å². The first-order chi connectivity index (χ1) is 5.06. The van der Waals surface area contributed by atoms with Crippen LogP contribution in [0.1, 0.15) is 18.2 Å². The third-order valence-corrected chi connectivity index (χ3v) is 3.11. The van der Waals surface area contributed by atoms with Crippen LogP contribution in [0.15, 0.2) is 15.9 Å². The quantitative estimate of drug-likeness (QED) is 0.733. The highest BCUT2D eigenvalue weighted by molar-refractivity contribution is 9.11. The van der Waals surface area contributed by atoms with Gasteiger partial charge >= 0.3 is 0 Å². The van der Waals surface area contributed by atoms with Crippen LogP contribution >= 0.6 is 27.3 Å². The Labute approximate surface area is 76.4 Å². The molecule has 0 amide bonds. The molecule has 0 aliphatic carbocycles. The Bertz CT molecular complexity index is 244. The molecule has 0 bridgehead atoms. The van der Waals surface area contributed by atoms with Gasteiger partial charge in [-0.2, -0.15) is 0 Å². The SMILES string of the molecule is CCC(F)(F)c1ccc(Br)s1. The first-order valence-corrected chi connectivity index (χ1v) is 4.81. The maximum absolute atomic E-state index is 12.9. The van der Waals surface area contributed by atoms with Crippen molar-refractivity contribution in [2.45, 2.75) is 19.3 Å². The first kappa shape index (κ1) is 9.13. The summed E-state index contributed by atoms with van der Waals surface area (Å²) in [5.74, 6) is -2.66. The lowest BCUT2D eigenvalue weighted by molar-refractivity contribution is -0.00439. The van der Waals surface area contributed by atoms with Gasteiger partial charge in [0.1, 0.15) is 0 Å². The molecule has 1 rings (SSSR count). The molecule has 1 aromatic heterocycles. The van der Waals surface area contributed by atoms with E-state index in [0.29, 0.717) is 0 Å². The van der Waals surface area contributed by atoms with Crippen LogP contribution in [0.5, 0.6) is 0 Å². The van der Waals surface area contributed by atoms with Crippen LogP contribution < -0.4 is 0 Å². The van der Waals surface area contributed by atoms with E-state index >= 15 is 0 Å². The molecule has 4 heteroatoms. The van der Waals surface area contributed by atoms with E-state index in [1.54, 1.807) is 6.07 Å². The predicted octanol–water partition coefficient (Wildman–Crippen LogP) is 4.01. The Hall–Kier alpha value is 0.0400. The minimum Gasteiger partial charge on any atom is -0.200 e. The summed E-state index contributed by atoms with van der Waals surface area (Å²) in [7, 11) is 0. The molecule has 0 aromatic carbocycles. The fraction of sp³-hybridized carbons (Fsp3) is 0.429. The van der Waals surface area contributed by atoms with E-state index in [-0.39, 0.29) is 11.3 Å². The largest absolute Gasteiger partial charge is 0.281 e. The van der Waals surface area contributed by atoms with Crippen LogP contribution in [0.4, 0.5) is 8.78 Å². The molecular weight excluding hydrogens is 234 g/mol. The molecule has 0 atom stereocenters. The zero-order chi connectivity index (χ0) is 8.48. The monoisotopic (exact) mass is 240 g/mol. The van der Waals surface area contributed by atoms with E-state index in [9.17, 15) is 8.78 Å². The van der Waals surface area contributed by atoms with Gasteiger partial charge in [0, 0.05) is 6.42 Å². The highest BCUT2D eigenvalue weighted by Crippen LogP contribution is 2.37. The average Bonchev–Trinajstić information content (AvgIpc) is 2.36. The summed E-state index contributed by atoms with van der Waals surface area (Å²) in [5.41, 5.74) is 0. The summed E-state index contributed by atoms with van der Waals surface area (Å²) in [6, 6.07) is 3.10. The van der Waals surface area contributed by atoms with Crippen LogP contribution in [-0.2, 0) is 5.92 Å². The zero-order valence-corrected chi connectivity index (χ0v) is 8.31. The van der Waals surface area contributed by atoms with Gasteiger partial charge in [0.15, 0.2) is 0 Å². The lowest BCUT2D eigenvalue weighted by atomic mass is 10.2. The molecule has 0 nitrogen and oxygen atoms in total. The van der Waals surface area contributed by atoms with Crippen molar-refractivity contribution in [3.8, 4) is 0 Å². The number of alkyl halides is 2. The van der Waals surface area contributed by atoms with Crippen molar-refractivity contribution in [2.24, 2.45) is 0 Å². The van der Waals surface area contributed by atoms with Crippen molar-refractivity contribution in [2.75, 3.05) is 0 Å². The Morgan fingerprint density at radius 3 is 2.55 bits per heavy atom. The number of hydrogen-bond donors (Lipinski definition) is 0. The van der Waals surface area contributed by atoms with Crippen molar-refractivity contribution in [3.63, 3.8) is 0 Å². The van der Waals surface area contributed by atoms with Gasteiger partial charge in [0.25, 0.3) is 5.92 Å². The minimum absolute atomic E-state index is 0.131. The topological polar surface area (TPSA) is 0 Å². The second-order valence-electron chi connectivity index (χ2n) is 2.16. The molecular formula is C7H7BrF2S. The van der Waals surface area contributed by atoms with E-state index in [1.165, 1.54) is 13.0 Å². The third kappa shape index (κ3) is 1.99. The zero-order valence-electron chi connectivity index (χ0n) is 5.90. The summed E-state index contributed by atoms with van der Waals surface area (Å²) in [6.45, 7) is 1.48. The lowest BCUT2D eigenvalue weighted by Crippen LogP contribution is -2.08. The Morgan fingerprint density at radius 1 is 1.55 bits per heavy atom. The first-order valence-electron chi connectivity index (χ1n) is 3.20. The van der Waals surface area contributed by atoms with Gasteiger partial charge in [0.2, 0.25) is 0 Å². The van der Waals surface area contributed by atoms with Crippen LogP contribution in [-0.4, -0.2) is 0 Å². The summed E-state index contributed by atoms with van der Waals surface area (Å²) in [4.78, 5) is 0.131. The Balaban J connectivity index is 2.92. The molecule has 1 aromatic rings. The third-order valence-electron chi connectivity index (χ3n) is 1.38. The van der Waals surface area contributed by atoms with E-state index in [2.05, 4.69) is 15.9 Å². The van der Waals surface area contributed by atoms with Crippen LogP contribution in [0.3, 0.4) is 0 Å². The van der Waals surface area contributed by atoms with Gasteiger partial charge in [0.05, 0.1) is 8.66 Å². The molecule has 0 aliphatic rings. The maximum Gasteiger partial charge on any atom is 0.281 e. The fourth-order valence-electron chi connectivity index (χ4n) is 0.685. The number of hydrogen-bond acceptors (Lipinski definition) is 1. The number of rotatable bonds is 2. The van der Waals surface area contributed by atoms with Gasteiger partial charge in [-0.1, -0.05) is 6.92 Å².